The van der Waals surface area contributed by atoms with E-state index < -0.39 is 13.1 Å². The lowest BCUT2D eigenvalue weighted by Crippen LogP contribution is -2.11. The maximum absolute atomic E-state index is 12.5. The van der Waals surface area contributed by atoms with Gasteiger partial charge in [-0.1, -0.05) is 17.7 Å². The molecule has 0 unspecified atom stereocenters. The van der Waals surface area contributed by atoms with Gasteiger partial charge in [-0.15, -0.1) is 0 Å². The molecule has 0 aromatic heterocycles. The van der Waals surface area contributed by atoms with Gasteiger partial charge in [-0.25, -0.2) is 0 Å². The fourth-order valence-corrected chi connectivity index (χ4v) is 3.76. The number of aryl methyl sites for hydroxylation is 3. The largest absolute Gasteiger partial charge is 0.401 e. The van der Waals surface area contributed by atoms with Crippen LogP contribution >= 0.6 is 7.60 Å². The summed E-state index contributed by atoms with van der Waals surface area (Å²) >= 11 is 0. The first-order valence-electron chi connectivity index (χ1n) is 6.37. The van der Waals surface area contributed by atoms with Crippen LogP contribution in [0.3, 0.4) is 0 Å². The molecule has 0 spiro atoms. The Morgan fingerprint density at radius 2 is 1.47 bits per heavy atom. The summed E-state index contributed by atoms with van der Waals surface area (Å²) in [7, 11) is -3.74. The second-order valence-electron chi connectivity index (χ2n) is 4.41. The van der Waals surface area contributed by atoms with E-state index in [1.807, 2.05) is 32.9 Å². The minimum atomic E-state index is -3.74. The zero-order valence-electron chi connectivity index (χ0n) is 12.1. The van der Waals surface area contributed by atoms with E-state index in [9.17, 15) is 9.36 Å². The smallest absolute Gasteiger partial charge is 0.303 e. The molecule has 0 saturated carbocycles. The third-order valence-electron chi connectivity index (χ3n) is 2.74. The van der Waals surface area contributed by atoms with Gasteiger partial charge in [0.25, 0.3) is 5.52 Å². The molecule has 19 heavy (non-hydrogen) atoms. The van der Waals surface area contributed by atoms with Crippen LogP contribution < -0.4 is 0 Å². The van der Waals surface area contributed by atoms with Crippen LogP contribution in [0, 0.1) is 20.8 Å². The van der Waals surface area contributed by atoms with Crippen molar-refractivity contribution in [2.45, 2.75) is 34.6 Å². The van der Waals surface area contributed by atoms with Crippen LogP contribution in [-0.4, -0.2) is 18.7 Å². The molecular weight excluding hydrogens is 263 g/mol. The Labute approximate surface area is 114 Å². The van der Waals surface area contributed by atoms with Crippen molar-refractivity contribution in [1.29, 1.82) is 0 Å². The minimum absolute atomic E-state index is 0.174. The Hall–Kier alpha value is -0.960. The topological polar surface area (TPSA) is 52.6 Å². The predicted octanol–water partition coefficient (Wildman–Crippen LogP) is 4.02. The number of carbonyl (C=O) groups is 1. The van der Waals surface area contributed by atoms with Crippen molar-refractivity contribution in [3.8, 4) is 0 Å². The number of hydrogen-bond acceptors (Lipinski definition) is 4. The van der Waals surface area contributed by atoms with Crippen molar-refractivity contribution >= 4 is 13.1 Å². The highest BCUT2D eigenvalue weighted by Crippen LogP contribution is 2.51. The zero-order valence-corrected chi connectivity index (χ0v) is 13.0. The Morgan fingerprint density at radius 3 is 1.84 bits per heavy atom. The molecule has 0 aliphatic rings. The third-order valence-corrected chi connectivity index (χ3v) is 4.66. The maximum Gasteiger partial charge on any atom is 0.401 e. The standard InChI is InChI=1S/C14H21O4P/c1-6-17-19(16,18-7-2)14(15)13-11(4)8-10(3)9-12(13)5/h8-9H,6-7H2,1-5H3. The van der Waals surface area contributed by atoms with Crippen LogP contribution in [0.25, 0.3) is 0 Å². The molecule has 1 aromatic rings. The molecule has 106 valence electrons. The van der Waals surface area contributed by atoms with Crippen LogP contribution in [0.2, 0.25) is 0 Å². The van der Waals surface area contributed by atoms with Crippen molar-refractivity contribution in [2.75, 3.05) is 13.2 Å². The highest BCUT2D eigenvalue weighted by Gasteiger charge is 2.36. The summed E-state index contributed by atoms with van der Waals surface area (Å²) in [6.45, 7) is 9.34. The number of hydrogen-bond donors (Lipinski definition) is 0. The summed E-state index contributed by atoms with van der Waals surface area (Å²) in [5.41, 5.74) is 2.54. The van der Waals surface area contributed by atoms with Crippen molar-refractivity contribution in [3.63, 3.8) is 0 Å². The second kappa shape index (κ2) is 6.47. The van der Waals surface area contributed by atoms with Crippen molar-refractivity contribution in [2.24, 2.45) is 0 Å². The predicted molar refractivity (Wildman–Crippen MR) is 75.8 cm³/mol. The summed E-state index contributed by atoms with van der Waals surface area (Å²) in [6, 6.07) is 3.78. The summed E-state index contributed by atoms with van der Waals surface area (Å²) in [4.78, 5) is 12.5. The van der Waals surface area contributed by atoms with E-state index in [4.69, 9.17) is 9.05 Å². The molecule has 0 saturated heterocycles. The summed E-state index contributed by atoms with van der Waals surface area (Å²) in [5, 5.41) is 0. The van der Waals surface area contributed by atoms with Crippen LogP contribution in [-0.2, 0) is 13.6 Å². The van der Waals surface area contributed by atoms with Crippen LogP contribution in [0.4, 0.5) is 0 Å². The zero-order chi connectivity index (χ0) is 14.6. The van der Waals surface area contributed by atoms with Crippen molar-refractivity contribution in [3.05, 3.63) is 34.4 Å². The lowest BCUT2D eigenvalue weighted by Gasteiger charge is -2.18. The summed E-state index contributed by atoms with van der Waals surface area (Å²) in [6.07, 6.45) is 0. The second-order valence-corrected chi connectivity index (χ2v) is 6.33. The monoisotopic (exact) mass is 284 g/mol. The maximum atomic E-state index is 12.5. The highest BCUT2D eigenvalue weighted by atomic mass is 31.2. The van der Waals surface area contributed by atoms with Crippen LogP contribution in [0.1, 0.15) is 40.9 Å². The van der Waals surface area contributed by atoms with Gasteiger partial charge in [-0.2, -0.15) is 0 Å². The number of benzene rings is 1. The molecule has 0 aliphatic heterocycles. The fourth-order valence-electron chi connectivity index (χ4n) is 2.15. The Kier molecular flexibility index (Phi) is 5.48. The van der Waals surface area contributed by atoms with E-state index in [1.165, 1.54) is 0 Å². The summed E-state index contributed by atoms with van der Waals surface area (Å²) in [5.74, 6) is 0. The molecule has 0 heterocycles. The van der Waals surface area contributed by atoms with E-state index >= 15 is 0 Å². The first-order valence-corrected chi connectivity index (χ1v) is 7.91. The van der Waals surface area contributed by atoms with E-state index in [2.05, 4.69) is 0 Å². The third kappa shape index (κ3) is 3.53. The lowest BCUT2D eigenvalue weighted by molar-refractivity contribution is 0.1000. The molecular formula is C14H21O4P. The van der Waals surface area contributed by atoms with Gasteiger partial charge >= 0.3 is 7.60 Å². The van der Waals surface area contributed by atoms with Crippen molar-refractivity contribution in [1.82, 2.24) is 0 Å². The molecule has 0 fully saturated rings. The van der Waals surface area contributed by atoms with Gasteiger partial charge in [0.05, 0.1) is 13.2 Å². The first-order chi connectivity index (χ1) is 8.85. The van der Waals surface area contributed by atoms with E-state index in [1.54, 1.807) is 13.8 Å². The molecule has 1 rings (SSSR count). The van der Waals surface area contributed by atoms with E-state index in [-0.39, 0.29) is 13.2 Å². The molecule has 0 radical (unpaired) electrons. The van der Waals surface area contributed by atoms with Gasteiger partial charge in [-0.3, -0.25) is 9.36 Å². The molecule has 0 bridgehead atoms. The lowest BCUT2D eigenvalue weighted by atomic mass is 10.0. The van der Waals surface area contributed by atoms with Crippen molar-refractivity contribution < 1.29 is 18.4 Å². The summed E-state index contributed by atoms with van der Waals surface area (Å²) < 4.78 is 22.7. The van der Waals surface area contributed by atoms with Crippen LogP contribution in [0.5, 0.6) is 0 Å². The Morgan fingerprint density at radius 1 is 1.05 bits per heavy atom. The van der Waals surface area contributed by atoms with Gasteiger partial charge in [-0.05, 0) is 45.7 Å². The van der Waals surface area contributed by atoms with Gasteiger partial charge in [0.2, 0.25) is 0 Å². The average molecular weight is 284 g/mol. The molecule has 0 aliphatic carbocycles. The quantitative estimate of drug-likeness (QED) is 0.740. The van der Waals surface area contributed by atoms with E-state index in [0.29, 0.717) is 5.56 Å². The highest BCUT2D eigenvalue weighted by molar-refractivity contribution is 7.72. The van der Waals surface area contributed by atoms with E-state index in [0.717, 1.165) is 16.7 Å². The first kappa shape index (κ1) is 16.1. The molecule has 1 aromatic carbocycles. The van der Waals surface area contributed by atoms with Gasteiger partial charge in [0.15, 0.2) is 0 Å². The molecule has 0 N–H and O–H groups in total. The number of rotatable bonds is 6. The Bertz CT molecular complexity index is 489. The minimum Gasteiger partial charge on any atom is -0.303 e. The molecule has 0 amide bonds. The number of carbonyl (C=O) groups excluding carboxylic acids is 1. The normalized spacial score (nSPS) is 11.6. The molecule has 0 atom stereocenters. The van der Waals surface area contributed by atoms with Gasteiger partial charge < -0.3 is 9.05 Å². The SMILES string of the molecule is CCOP(=O)(OCC)C(=O)c1c(C)cc(C)cc1C. The fraction of sp³-hybridized carbons (Fsp3) is 0.500. The molecule has 4 nitrogen and oxygen atoms in total. The Balaban J connectivity index is 3.28. The molecule has 5 heteroatoms. The van der Waals surface area contributed by atoms with Gasteiger partial charge in [0.1, 0.15) is 0 Å². The van der Waals surface area contributed by atoms with Crippen LogP contribution in [0.15, 0.2) is 12.1 Å². The average Bonchev–Trinajstić information content (AvgIpc) is 2.27. The van der Waals surface area contributed by atoms with Gasteiger partial charge in [0, 0.05) is 5.56 Å².